The summed E-state index contributed by atoms with van der Waals surface area (Å²) in [7, 11) is 1.31. The molecular formula is C45H91N2O6P. The third-order valence-corrected chi connectivity index (χ3v) is 11.5. The second kappa shape index (κ2) is 37.8. The van der Waals surface area contributed by atoms with Gasteiger partial charge < -0.3 is 28.8 Å². The highest BCUT2D eigenvalue weighted by atomic mass is 31.2. The third kappa shape index (κ3) is 39.5. The fourth-order valence-electron chi connectivity index (χ4n) is 6.80. The molecule has 3 unspecified atom stereocenters. The summed E-state index contributed by atoms with van der Waals surface area (Å²) in [4.78, 5) is 25.3. The summed E-state index contributed by atoms with van der Waals surface area (Å²) < 4.78 is 23.2. The zero-order chi connectivity index (χ0) is 40.0. The first-order valence-corrected chi connectivity index (χ1v) is 24.5. The van der Waals surface area contributed by atoms with Crippen molar-refractivity contribution in [2.75, 3.05) is 40.9 Å². The lowest BCUT2D eigenvalue weighted by Crippen LogP contribution is -2.46. The van der Waals surface area contributed by atoms with Crippen molar-refractivity contribution >= 4 is 13.7 Å². The predicted molar refractivity (Wildman–Crippen MR) is 229 cm³/mol. The van der Waals surface area contributed by atoms with Crippen LogP contribution in [0.4, 0.5) is 0 Å². The van der Waals surface area contributed by atoms with Gasteiger partial charge in [-0.15, -0.1) is 0 Å². The normalized spacial score (nSPS) is 14.4. The first-order valence-electron chi connectivity index (χ1n) is 23.0. The smallest absolute Gasteiger partial charge is 0.268 e. The molecule has 2 N–H and O–H groups in total. The van der Waals surface area contributed by atoms with Gasteiger partial charge in [-0.3, -0.25) is 9.36 Å². The minimum absolute atomic E-state index is 0.0128. The number of nitrogens with one attached hydrogen (secondary N) is 1. The van der Waals surface area contributed by atoms with Gasteiger partial charge >= 0.3 is 0 Å². The molecule has 3 atom stereocenters. The van der Waals surface area contributed by atoms with Crippen LogP contribution in [-0.2, 0) is 18.4 Å². The van der Waals surface area contributed by atoms with Gasteiger partial charge in [-0.05, 0) is 38.5 Å². The second-order valence-corrected chi connectivity index (χ2v) is 18.5. The molecule has 0 saturated heterocycles. The van der Waals surface area contributed by atoms with Crippen molar-refractivity contribution in [3.05, 3.63) is 12.2 Å². The Balaban J connectivity index is 4.16. The summed E-state index contributed by atoms with van der Waals surface area (Å²) in [5, 5.41) is 13.8. The van der Waals surface area contributed by atoms with E-state index in [1.54, 1.807) is 0 Å². The van der Waals surface area contributed by atoms with Crippen LogP contribution in [0.5, 0.6) is 0 Å². The number of aliphatic hydroxyl groups excluding tert-OH is 1. The molecule has 9 heteroatoms. The highest BCUT2D eigenvalue weighted by Gasteiger charge is 2.24. The standard InChI is InChI=1S/C45H91N2O6P/c1-6-8-10-12-14-16-17-18-19-20-21-22-23-24-25-26-27-28-29-31-33-35-37-39-45(49)46-43(42-53-54(50,51)52-41-40-47(3,4)5)44(48)38-36-34-32-30-15-13-11-9-7-2/h24-25,43-44,48H,6-23,26-42H2,1-5H3,(H-,46,49,50,51)/b25-24-. The summed E-state index contributed by atoms with van der Waals surface area (Å²) in [6.07, 6.45) is 42.3. The lowest BCUT2D eigenvalue weighted by atomic mass is 10.0. The Morgan fingerprint density at radius 3 is 1.44 bits per heavy atom. The van der Waals surface area contributed by atoms with E-state index >= 15 is 0 Å². The van der Waals surface area contributed by atoms with E-state index in [0.717, 1.165) is 38.5 Å². The number of hydrogen-bond donors (Lipinski definition) is 2. The van der Waals surface area contributed by atoms with E-state index in [0.29, 0.717) is 23.9 Å². The summed E-state index contributed by atoms with van der Waals surface area (Å²) in [6.45, 7) is 4.70. The number of likely N-dealkylation sites (N-methyl/N-ethyl adjacent to an activating group) is 1. The average molecular weight is 787 g/mol. The Morgan fingerprint density at radius 2 is 1.02 bits per heavy atom. The van der Waals surface area contributed by atoms with Crippen molar-refractivity contribution in [3.8, 4) is 0 Å². The van der Waals surface area contributed by atoms with Gasteiger partial charge in [0.1, 0.15) is 13.2 Å². The number of quaternary nitrogens is 1. The van der Waals surface area contributed by atoms with Gasteiger partial charge in [-0.1, -0.05) is 187 Å². The first kappa shape index (κ1) is 53.2. The van der Waals surface area contributed by atoms with Gasteiger partial charge in [0.2, 0.25) is 5.91 Å². The molecule has 0 aliphatic rings. The molecule has 0 aromatic carbocycles. The Morgan fingerprint density at radius 1 is 0.630 bits per heavy atom. The molecule has 0 aliphatic carbocycles. The number of aliphatic hydroxyl groups is 1. The number of hydrogen-bond acceptors (Lipinski definition) is 6. The largest absolute Gasteiger partial charge is 0.756 e. The van der Waals surface area contributed by atoms with E-state index in [-0.39, 0.29) is 19.1 Å². The molecule has 0 radical (unpaired) electrons. The second-order valence-electron chi connectivity index (χ2n) is 17.1. The summed E-state index contributed by atoms with van der Waals surface area (Å²) in [6, 6.07) is -0.797. The van der Waals surface area contributed by atoms with Crippen molar-refractivity contribution in [2.24, 2.45) is 0 Å². The Bertz CT molecular complexity index is 896. The van der Waals surface area contributed by atoms with Crippen molar-refractivity contribution < 1.29 is 32.9 Å². The molecule has 0 spiro atoms. The van der Waals surface area contributed by atoms with Crippen LogP contribution in [0, 0.1) is 0 Å². The van der Waals surface area contributed by atoms with Crippen LogP contribution in [0.2, 0.25) is 0 Å². The van der Waals surface area contributed by atoms with Gasteiger partial charge in [-0.25, -0.2) is 0 Å². The third-order valence-electron chi connectivity index (χ3n) is 10.5. The topological polar surface area (TPSA) is 108 Å². The van der Waals surface area contributed by atoms with Crippen LogP contribution in [-0.4, -0.2) is 68.5 Å². The van der Waals surface area contributed by atoms with E-state index in [9.17, 15) is 19.4 Å². The van der Waals surface area contributed by atoms with Gasteiger partial charge in [0, 0.05) is 6.42 Å². The molecule has 0 saturated carbocycles. The van der Waals surface area contributed by atoms with Crippen LogP contribution in [0.25, 0.3) is 0 Å². The lowest BCUT2D eigenvalue weighted by Gasteiger charge is -2.30. The van der Waals surface area contributed by atoms with Crippen LogP contribution in [0.3, 0.4) is 0 Å². The Kier molecular flexibility index (Phi) is 37.3. The first-order chi connectivity index (χ1) is 26.0. The minimum Gasteiger partial charge on any atom is -0.756 e. The van der Waals surface area contributed by atoms with E-state index < -0.39 is 20.0 Å². The number of phosphoric ester groups is 1. The highest BCUT2D eigenvalue weighted by Crippen LogP contribution is 2.38. The van der Waals surface area contributed by atoms with E-state index in [1.165, 1.54) is 154 Å². The van der Waals surface area contributed by atoms with Crippen LogP contribution in [0.15, 0.2) is 12.2 Å². The molecule has 1 amide bonds. The van der Waals surface area contributed by atoms with Crippen molar-refractivity contribution in [3.63, 3.8) is 0 Å². The summed E-state index contributed by atoms with van der Waals surface area (Å²) >= 11 is 0. The molecule has 0 bridgehead atoms. The zero-order valence-electron chi connectivity index (χ0n) is 36.4. The molecule has 8 nitrogen and oxygen atoms in total. The van der Waals surface area contributed by atoms with Crippen LogP contribution >= 0.6 is 7.82 Å². The molecule has 0 fully saturated rings. The van der Waals surface area contributed by atoms with Crippen LogP contribution < -0.4 is 10.2 Å². The van der Waals surface area contributed by atoms with Crippen molar-refractivity contribution in [1.82, 2.24) is 5.32 Å². The molecule has 322 valence electrons. The minimum atomic E-state index is -4.56. The molecule has 54 heavy (non-hydrogen) atoms. The molecule has 0 aliphatic heterocycles. The Hall–Kier alpha value is -0.760. The Labute approximate surface area is 335 Å². The summed E-state index contributed by atoms with van der Waals surface area (Å²) in [5.74, 6) is -0.170. The van der Waals surface area contributed by atoms with E-state index in [2.05, 4.69) is 31.3 Å². The number of rotatable bonds is 42. The van der Waals surface area contributed by atoms with Gasteiger partial charge in [0.15, 0.2) is 0 Å². The number of unbranched alkanes of at least 4 members (excludes halogenated alkanes) is 27. The number of nitrogens with zero attached hydrogens (tertiary/aromatic N) is 1. The molecule has 0 aromatic rings. The average Bonchev–Trinajstić information content (AvgIpc) is 3.12. The number of carbonyl (C=O) groups is 1. The number of phosphoric acid groups is 1. The van der Waals surface area contributed by atoms with E-state index in [4.69, 9.17) is 9.05 Å². The number of carbonyl (C=O) groups excluding carboxylic acids is 1. The monoisotopic (exact) mass is 787 g/mol. The predicted octanol–water partition coefficient (Wildman–Crippen LogP) is 12.1. The lowest BCUT2D eigenvalue weighted by molar-refractivity contribution is -0.870. The fraction of sp³-hybridized carbons (Fsp3) is 0.933. The highest BCUT2D eigenvalue weighted by molar-refractivity contribution is 7.45. The molecule has 0 aromatic heterocycles. The van der Waals surface area contributed by atoms with Crippen molar-refractivity contribution in [2.45, 2.75) is 231 Å². The summed E-state index contributed by atoms with van der Waals surface area (Å²) in [5.41, 5.74) is 0. The van der Waals surface area contributed by atoms with Crippen LogP contribution in [0.1, 0.15) is 219 Å². The quantitative estimate of drug-likeness (QED) is 0.0276. The fourth-order valence-corrected chi connectivity index (χ4v) is 7.52. The van der Waals surface area contributed by atoms with Gasteiger partial charge in [0.05, 0.1) is 39.9 Å². The molecular weight excluding hydrogens is 695 g/mol. The van der Waals surface area contributed by atoms with Gasteiger partial charge in [0.25, 0.3) is 7.82 Å². The SMILES string of the molecule is CCCCCCCCCCCCCC/C=C\CCCCCCCCCC(=O)NC(COP(=O)([O-])OCC[N+](C)(C)C)C(O)CCCCCCCCCCC. The maximum absolute atomic E-state index is 12.8. The maximum atomic E-state index is 12.8. The number of allylic oxidation sites excluding steroid dienone is 2. The number of amides is 1. The molecule has 0 heterocycles. The maximum Gasteiger partial charge on any atom is 0.268 e. The molecule has 0 rings (SSSR count). The van der Waals surface area contributed by atoms with Gasteiger partial charge in [-0.2, -0.15) is 0 Å². The van der Waals surface area contributed by atoms with Crippen molar-refractivity contribution in [1.29, 1.82) is 0 Å². The zero-order valence-corrected chi connectivity index (χ0v) is 37.3. The van der Waals surface area contributed by atoms with E-state index in [1.807, 2.05) is 21.1 Å².